The number of carboxylic acids is 1. The van der Waals surface area contributed by atoms with Crippen molar-refractivity contribution >= 4 is 23.8 Å². The van der Waals surface area contributed by atoms with Crippen LogP contribution in [0.25, 0.3) is 0 Å². The van der Waals surface area contributed by atoms with E-state index in [1.807, 2.05) is 0 Å². The van der Waals surface area contributed by atoms with Crippen molar-refractivity contribution in [3.63, 3.8) is 0 Å². The highest BCUT2D eigenvalue weighted by Gasteiger charge is 2.48. The first-order chi connectivity index (χ1) is 10.1. The lowest BCUT2D eigenvalue weighted by atomic mass is 10.2. The molecule has 21 heavy (non-hydrogen) atoms. The summed E-state index contributed by atoms with van der Waals surface area (Å²) in [4.78, 5) is 25.3. The Kier molecular flexibility index (Phi) is 3.70. The molecule has 10 heteroatoms. The maximum absolute atomic E-state index is 12.5. The quantitative estimate of drug-likeness (QED) is 0.725. The lowest BCUT2D eigenvalue weighted by Gasteiger charge is -2.28. The molecular weight excluding hydrogens is 296 g/mol. The number of aliphatic carboxylic acids is 1. The molecule has 1 aliphatic carbocycles. The number of hydrogen-bond acceptors (Lipinski definition) is 6. The van der Waals surface area contributed by atoms with Crippen molar-refractivity contribution < 1.29 is 14.7 Å². The first kappa shape index (κ1) is 14.1. The van der Waals surface area contributed by atoms with Crippen LogP contribution in [0.4, 0.5) is 4.79 Å². The predicted molar refractivity (Wildman–Crippen MR) is 73.4 cm³/mol. The molecule has 2 aliphatic rings. The monoisotopic (exact) mass is 312 g/mol. The summed E-state index contributed by atoms with van der Waals surface area (Å²) in [5, 5.41) is 25.4. The van der Waals surface area contributed by atoms with E-state index < -0.39 is 18.1 Å². The fourth-order valence-corrected chi connectivity index (χ4v) is 4.03. The maximum atomic E-state index is 12.5. The molecule has 2 fully saturated rings. The number of aromatic nitrogens is 4. The molecule has 2 heterocycles. The van der Waals surface area contributed by atoms with Gasteiger partial charge < -0.3 is 10.4 Å². The second kappa shape index (κ2) is 5.51. The normalized spacial score (nSPS) is 26.6. The van der Waals surface area contributed by atoms with Gasteiger partial charge in [-0.05, 0) is 25.7 Å². The van der Waals surface area contributed by atoms with E-state index in [0.717, 1.165) is 12.8 Å². The van der Waals surface area contributed by atoms with Crippen LogP contribution >= 0.6 is 11.8 Å². The summed E-state index contributed by atoms with van der Waals surface area (Å²) in [6, 6.07) is -1.60. The number of urea groups is 1. The minimum atomic E-state index is -0.965. The first-order valence-electron chi connectivity index (χ1n) is 6.74. The number of rotatable bonds is 4. The minimum absolute atomic E-state index is 0.0523. The summed E-state index contributed by atoms with van der Waals surface area (Å²) < 4.78 is 0. The van der Waals surface area contributed by atoms with Crippen molar-refractivity contribution in [3.8, 4) is 0 Å². The van der Waals surface area contributed by atoms with Gasteiger partial charge in [-0.1, -0.05) is 5.21 Å². The van der Waals surface area contributed by atoms with E-state index in [0.29, 0.717) is 17.5 Å². The van der Waals surface area contributed by atoms with Crippen LogP contribution < -0.4 is 5.32 Å². The van der Waals surface area contributed by atoms with E-state index in [-0.39, 0.29) is 11.4 Å². The topological polar surface area (TPSA) is 124 Å². The van der Waals surface area contributed by atoms with E-state index in [1.54, 1.807) is 18.7 Å². The Morgan fingerprint density at radius 1 is 1.52 bits per heavy atom. The highest BCUT2D eigenvalue weighted by molar-refractivity contribution is 8.00. The van der Waals surface area contributed by atoms with Crippen molar-refractivity contribution in [3.05, 3.63) is 5.82 Å². The number of hydrogen-bond donors (Lipinski definition) is 3. The third-order valence-corrected chi connectivity index (χ3v) is 5.13. The smallest absolute Gasteiger partial charge is 0.327 e. The van der Waals surface area contributed by atoms with E-state index >= 15 is 0 Å². The molecule has 2 amide bonds. The van der Waals surface area contributed by atoms with Gasteiger partial charge >= 0.3 is 12.0 Å². The molecule has 1 aliphatic heterocycles. The van der Waals surface area contributed by atoms with Gasteiger partial charge in [0.1, 0.15) is 6.04 Å². The molecule has 114 valence electrons. The highest BCUT2D eigenvalue weighted by atomic mass is 32.2. The van der Waals surface area contributed by atoms with Crippen molar-refractivity contribution in [1.29, 1.82) is 0 Å². The molecule has 9 nitrogen and oxygen atoms in total. The van der Waals surface area contributed by atoms with Gasteiger partial charge in [0, 0.05) is 5.75 Å². The average molecular weight is 312 g/mol. The van der Waals surface area contributed by atoms with Crippen LogP contribution in [0.15, 0.2) is 0 Å². The van der Waals surface area contributed by atoms with Crippen molar-refractivity contribution in [1.82, 2.24) is 30.8 Å². The van der Waals surface area contributed by atoms with E-state index in [1.165, 1.54) is 4.90 Å². The average Bonchev–Trinajstić information content (AvgIpc) is 2.98. The lowest BCUT2D eigenvalue weighted by Crippen LogP contribution is -2.51. The molecular formula is C11H16N6O3S. The number of tetrazole rings is 1. The molecule has 1 saturated carbocycles. The Labute approximate surface area is 124 Å². The first-order valence-corrected chi connectivity index (χ1v) is 7.79. The zero-order chi connectivity index (χ0) is 15.0. The van der Waals surface area contributed by atoms with Gasteiger partial charge in [0.05, 0.1) is 11.4 Å². The molecule has 0 radical (unpaired) electrons. The van der Waals surface area contributed by atoms with E-state index in [2.05, 4.69) is 25.9 Å². The van der Waals surface area contributed by atoms with Gasteiger partial charge in [0.25, 0.3) is 0 Å². The van der Waals surface area contributed by atoms with Gasteiger partial charge in [-0.15, -0.1) is 22.0 Å². The molecule has 0 bridgehead atoms. The maximum Gasteiger partial charge on any atom is 0.327 e. The van der Waals surface area contributed by atoms with Crippen LogP contribution in [0.3, 0.4) is 0 Å². The molecule has 0 spiro atoms. The Balaban J connectivity index is 1.72. The number of nitrogens with one attached hydrogen (secondary N) is 2. The number of carboxylic acid groups (broad SMARTS) is 1. The van der Waals surface area contributed by atoms with E-state index in [9.17, 15) is 14.7 Å². The third kappa shape index (κ3) is 2.80. The summed E-state index contributed by atoms with van der Waals surface area (Å²) >= 11 is 1.54. The van der Waals surface area contributed by atoms with Crippen LogP contribution in [0.5, 0.6) is 0 Å². The number of amides is 2. The van der Waals surface area contributed by atoms with Gasteiger partial charge in [0.15, 0.2) is 5.82 Å². The van der Waals surface area contributed by atoms with Gasteiger partial charge in [0.2, 0.25) is 0 Å². The highest BCUT2D eigenvalue weighted by Crippen LogP contribution is 2.45. The Bertz CT molecular complexity index is 534. The number of carbonyl (C=O) groups is 2. The minimum Gasteiger partial charge on any atom is -0.480 e. The molecule has 1 saturated heterocycles. The molecule has 1 aromatic rings. The zero-order valence-corrected chi connectivity index (χ0v) is 12.2. The van der Waals surface area contributed by atoms with Crippen molar-refractivity contribution in [2.24, 2.45) is 5.92 Å². The summed E-state index contributed by atoms with van der Waals surface area (Å²) in [6.45, 7) is 1.73. The number of H-pyrrole nitrogens is 1. The largest absolute Gasteiger partial charge is 0.480 e. The standard InChI is InChI=1S/C11H16N6O3S/c1-5(8-13-15-16-14-8)12-11(20)17-7(10(18)19)4-21-9(17)6-2-3-6/h5-7,9H,2-4H2,1H3,(H,12,20)(H,18,19)(H,13,14,15,16). The van der Waals surface area contributed by atoms with Crippen molar-refractivity contribution in [2.75, 3.05) is 5.75 Å². The number of thioether (sulfide) groups is 1. The van der Waals surface area contributed by atoms with Crippen LogP contribution in [0, 0.1) is 5.92 Å². The SMILES string of the molecule is CC(NC(=O)N1C(C(=O)O)CSC1C1CC1)c1nn[nH]n1. The lowest BCUT2D eigenvalue weighted by molar-refractivity contribution is -0.141. The van der Waals surface area contributed by atoms with Gasteiger partial charge in [-0.25, -0.2) is 9.59 Å². The number of carbonyl (C=O) groups excluding carboxylic acids is 1. The summed E-state index contributed by atoms with van der Waals surface area (Å²) in [7, 11) is 0. The zero-order valence-electron chi connectivity index (χ0n) is 11.4. The Hall–Kier alpha value is -1.84. The fraction of sp³-hybridized carbons (Fsp3) is 0.727. The predicted octanol–water partition coefficient (Wildman–Crippen LogP) is 0.208. The summed E-state index contributed by atoms with van der Waals surface area (Å²) in [5.74, 6) is 0.240. The van der Waals surface area contributed by atoms with Crippen molar-refractivity contribution in [2.45, 2.75) is 37.2 Å². The van der Waals surface area contributed by atoms with E-state index in [4.69, 9.17) is 0 Å². The molecule has 3 atom stereocenters. The summed E-state index contributed by atoms with van der Waals surface area (Å²) in [5.41, 5.74) is 0. The van der Waals surface area contributed by atoms with Crippen LogP contribution in [0.1, 0.15) is 31.6 Å². The molecule has 3 unspecified atom stereocenters. The Morgan fingerprint density at radius 2 is 2.29 bits per heavy atom. The molecule has 1 aromatic heterocycles. The van der Waals surface area contributed by atoms with Gasteiger partial charge in [-0.2, -0.15) is 5.21 Å². The number of nitrogens with zero attached hydrogens (tertiary/aromatic N) is 4. The second-order valence-corrected chi connectivity index (χ2v) is 6.41. The van der Waals surface area contributed by atoms with Crippen LogP contribution in [-0.2, 0) is 4.79 Å². The third-order valence-electron chi connectivity index (χ3n) is 3.67. The Morgan fingerprint density at radius 3 is 2.86 bits per heavy atom. The number of aromatic amines is 1. The van der Waals surface area contributed by atoms with Crippen LogP contribution in [-0.4, -0.2) is 59.8 Å². The summed E-state index contributed by atoms with van der Waals surface area (Å²) in [6.07, 6.45) is 2.10. The molecule has 3 N–H and O–H groups in total. The second-order valence-electron chi connectivity index (χ2n) is 5.26. The fourth-order valence-electron chi connectivity index (χ4n) is 2.40. The molecule has 3 rings (SSSR count). The van der Waals surface area contributed by atoms with Crippen LogP contribution in [0.2, 0.25) is 0 Å². The van der Waals surface area contributed by atoms with Gasteiger partial charge in [-0.3, -0.25) is 4.90 Å². The molecule has 0 aromatic carbocycles.